The molecule has 1 aliphatic heterocycles. The van der Waals surface area contributed by atoms with Crippen molar-refractivity contribution in [3.8, 4) is 0 Å². The van der Waals surface area contributed by atoms with Gasteiger partial charge in [0.05, 0.1) is 13.1 Å². The number of hydrogen-bond donors (Lipinski definition) is 0. The summed E-state index contributed by atoms with van der Waals surface area (Å²) in [6.07, 6.45) is -2.28. The Morgan fingerprint density at radius 1 is 1.12 bits per heavy atom. The molecule has 1 atom stereocenters. The van der Waals surface area contributed by atoms with E-state index in [0.717, 1.165) is 5.56 Å². The van der Waals surface area contributed by atoms with Crippen LogP contribution in [0.5, 0.6) is 0 Å². The normalized spacial score (nSPS) is 18.0. The van der Waals surface area contributed by atoms with Gasteiger partial charge in [0.15, 0.2) is 5.78 Å². The van der Waals surface area contributed by atoms with Crippen molar-refractivity contribution in [3.05, 3.63) is 35.4 Å². The first-order chi connectivity index (χ1) is 11.6. The molecule has 6 nitrogen and oxygen atoms in total. The maximum atomic E-state index is 14.5. The fraction of sp³-hybridized carbons (Fsp3) is 0.471. The van der Waals surface area contributed by atoms with E-state index >= 15 is 0 Å². The molecule has 2 rings (SSSR count). The van der Waals surface area contributed by atoms with Gasteiger partial charge in [-0.2, -0.15) is 0 Å². The molecule has 1 aromatic rings. The lowest BCUT2D eigenvalue weighted by molar-refractivity contribution is -0.146. The summed E-state index contributed by atoms with van der Waals surface area (Å²) in [5, 5.41) is 0. The third-order valence-corrected chi connectivity index (χ3v) is 3.82. The van der Waals surface area contributed by atoms with Crippen molar-refractivity contribution in [2.45, 2.75) is 32.3 Å². The first-order valence-corrected chi connectivity index (χ1v) is 7.94. The number of rotatable bonds is 3. The van der Waals surface area contributed by atoms with Gasteiger partial charge in [-0.05, 0) is 18.0 Å². The van der Waals surface area contributed by atoms with Gasteiger partial charge in [-0.15, -0.1) is 0 Å². The van der Waals surface area contributed by atoms with Crippen LogP contribution in [0.4, 0.5) is 4.39 Å². The van der Waals surface area contributed by atoms with E-state index in [0.29, 0.717) is 0 Å². The molecule has 0 saturated carbocycles. The lowest BCUT2D eigenvalue weighted by Crippen LogP contribution is -2.48. The van der Waals surface area contributed by atoms with Gasteiger partial charge in [-0.1, -0.05) is 45.0 Å². The predicted molar refractivity (Wildman–Crippen MR) is 89.8 cm³/mol. The first kappa shape index (κ1) is 19.1. The third kappa shape index (κ3) is 4.88. The Bertz CT molecular complexity index is 651. The van der Waals surface area contributed by atoms with E-state index in [1.165, 1.54) is 24.1 Å². The number of ketones is 1. The monoisotopic (exact) mass is 349 g/mol. The second-order valence-corrected chi connectivity index (χ2v) is 7.11. The second-order valence-electron chi connectivity index (χ2n) is 7.11. The van der Waals surface area contributed by atoms with Crippen molar-refractivity contribution in [2.75, 3.05) is 20.1 Å². The number of alkyl halides is 1. The number of Topliss-reactive ketones (excluding diaryl/α,β-unsaturated/α-hetero) is 1. The Morgan fingerprint density at radius 2 is 1.60 bits per heavy atom. The fourth-order valence-corrected chi connectivity index (χ4v) is 2.39. The minimum atomic E-state index is -2.28. The number of carbonyl (C=O) groups is 3. The van der Waals surface area contributed by atoms with Gasteiger partial charge in [0.25, 0.3) is 0 Å². The molecular formula is C17H21BFNO5. The topological polar surface area (TPSA) is 72.9 Å². The SMILES string of the molecule is CN1CC(=O)OB([C@@H](F)C(=O)c2ccc(C(C)(C)C)cc2)OC(=O)C1. The molecule has 1 aliphatic rings. The van der Waals surface area contributed by atoms with E-state index in [-0.39, 0.29) is 24.1 Å². The van der Waals surface area contributed by atoms with Gasteiger partial charge in [0, 0.05) is 5.56 Å². The Balaban J connectivity index is 2.15. The van der Waals surface area contributed by atoms with Gasteiger partial charge in [-0.3, -0.25) is 19.3 Å². The molecule has 0 aromatic heterocycles. The van der Waals surface area contributed by atoms with Crippen molar-refractivity contribution in [2.24, 2.45) is 0 Å². The summed E-state index contributed by atoms with van der Waals surface area (Å²) in [4.78, 5) is 37.0. The maximum absolute atomic E-state index is 14.5. The Labute approximate surface area is 146 Å². The molecule has 0 bridgehead atoms. The predicted octanol–water partition coefficient (Wildman–Crippen LogP) is 1.56. The van der Waals surface area contributed by atoms with Crippen LogP contribution in [-0.4, -0.2) is 55.9 Å². The molecule has 1 saturated heterocycles. The summed E-state index contributed by atoms with van der Waals surface area (Å²) in [6, 6.07) is 6.50. The zero-order valence-corrected chi connectivity index (χ0v) is 14.7. The van der Waals surface area contributed by atoms with Gasteiger partial charge in [-0.25, -0.2) is 4.39 Å². The van der Waals surface area contributed by atoms with E-state index < -0.39 is 30.9 Å². The van der Waals surface area contributed by atoms with Crippen LogP contribution < -0.4 is 0 Å². The Kier molecular flexibility index (Phi) is 5.62. The molecule has 25 heavy (non-hydrogen) atoms. The average molecular weight is 349 g/mol. The van der Waals surface area contributed by atoms with Crippen molar-refractivity contribution in [3.63, 3.8) is 0 Å². The number of likely N-dealkylation sites (N-methyl/N-ethyl adjacent to an activating group) is 1. The van der Waals surface area contributed by atoms with Crippen molar-refractivity contribution in [1.82, 2.24) is 4.90 Å². The fourth-order valence-electron chi connectivity index (χ4n) is 2.39. The van der Waals surface area contributed by atoms with Crippen LogP contribution in [0, 0.1) is 0 Å². The molecule has 1 aromatic carbocycles. The highest BCUT2D eigenvalue weighted by molar-refractivity contribution is 6.56. The Hall–Kier alpha value is -2.22. The number of benzene rings is 1. The molecule has 1 fully saturated rings. The minimum Gasteiger partial charge on any atom is -0.496 e. The van der Waals surface area contributed by atoms with Crippen LogP contribution in [0.2, 0.25) is 0 Å². The highest BCUT2D eigenvalue weighted by atomic mass is 19.1. The summed E-state index contributed by atoms with van der Waals surface area (Å²) in [7, 11) is -0.346. The molecule has 0 amide bonds. The van der Waals surface area contributed by atoms with Gasteiger partial charge in [0.2, 0.25) is 6.07 Å². The minimum absolute atomic E-state index is 0.104. The van der Waals surface area contributed by atoms with Crippen LogP contribution in [-0.2, 0) is 24.3 Å². The maximum Gasteiger partial charge on any atom is 0.644 e. The lowest BCUT2D eigenvalue weighted by atomic mass is 9.77. The van der Waals surface area contributed by atoms with Crippen molar-refractivity contribution >= 4 is 24.8 Å². The van der Waals surface area contributed by atoms with Crippen LogP contribution in [0.1, 0.15) is 36.7 Å². The third-order valence-electron chi connectivity index (χ3n) is 3.82. The molecule has 0 spiro atoms. The number of hydrogen-bond acceptors (Lipinski definition) is 6. The smallest absolute Gasteiger partial charge is 0.496 e. The van der Waals surface area contributed by atoms with Crippen molar-refractivity contribution in [1.29, 1.82) is 0 Å². The lowest BCUT2D eigenvalue weighted by Gasteiger charge is -2.23. The standard InChI is InChI=1S/C17H21BFNO5/c1-17(2,3)12-7-5-11(6-8-12)15(23)16(19)18-24-13(21)9-20(4)10-14(22)25-18/h5-8,16H,9-10H2,1-4H3/t16-/m0/s1. The first-order valence-electron chi connectivity index (χ1n) is 7.94. The van der Waals surface area contributed by atoms with E-state index in [1.807, 2.05) is 20.8 Å². The summed E-state index contributed by atoms with van der Waals surface area (Å²) in [5.41, 5.74) is 1.01. The molecule has 0 aliphatic carbocycles. The summed E-state index contributed by atoms with van der Waals surface area (Å²) in [5.74, 6) is -2.43. The molecular weight excluding hydrogens is 328 g/mol. The van der Waals surface area contributed by atoms with Gasteiger partial charge < -0.3 is 9.31 Å². The molecule has 0 N–H and O–H groups in total. The van der Waals surface area contributed by atoms with Crippen LogP contribution in [0.3, 0.4) is 0 Å². The van der Waals surface area contributed by atoms with Crippen LogP contribution in [0.25, 0.3) is 0 Å². The molecule has 8 heteroatoms. The van der Waals surface area contributed by atoms with E-state index in [9.17, 15) is 18.8 Å². The van der Waals surface area contributed by atoms with E-state index in [1.54, 1.807) is 12.1 Å². The number of nitrogens with zero attached hydrogens (tertiary/aromatic N) is 1. The molecule has 0 radical (unpaired) electrons. The van der Waals surface area contributed by atoms with Gasteiger partial charge >= 0.3 is 19.1 Å². The largest absolute Gasteiger partial charge is 0.644 e. The molecule has 1 heterocycles. The zero-order valence-electron chi connectivity index (χ0n) is 14.7. The summed E-state index contributed by atoms with van der Waals surface area (Å²) in [6.45, 7) is 5.68. The quantitative estimate of drug-likeness (QED) is 0.609. The average Bonchev–Trinajstić information content (AvgIpc) is 2.50. The Morgan fingerprint density at radius 3 is 2.04 bits per heavy atom. The zero-order chi connectivity index (χ0) is 18.8. The van der Waals surface area contributed by atoms with Crippen LogP contribution in [0.15, 0.2) is 24.3 Å². The second kappa shape index (κ2) is 7.35. The molecule has 0 unspecified atom stereocenters. The van der Waals surface area contributed by atoms with Crippen molar-refractivity contribution < 1.29 is 28.1 Å². The molecule has 134 valence electrons. The van der Waals surface area contributed by atoms with E-state index in [4.69, 9.17) is 9.31 Å². The highest BCUT2D eigenvalue weighted by Gasteiger charge is 2.44. The number of halogens is 1. The summed E-state index contributed by atoms with van der Waals surface area (Å²) < 4.78 is 24.1. The highest BCUT2D eigenvalue weighted by Crippen LogP contribution is 2.23. The van der Waals surface area contributed by atoms with Crippen LogP contribution >= 0.6 is 0 Å². The summed E-state index contributed by atoms with van der Waals surface area (Å²) >= 11 is 0. The van der Waals surface area contributed by atoms with E-state index in [2.05, 4.69) is 0 Å². The van der Waals surface area contributed by atoms with Gasteiger partial charge in [0.1, 0.15) is 0 Å². The number of carbonyl (C=O) groups excluding carboxylic acids is 3.